The van der Waals surface area contributed by atoms with Crippen LogP contribution in [0.1, 0.15) is 56.6 Å². The molecule has 33 heavy (non-hydrogen) atoms. The first kappa shape index (κ1) is 24.5. The molecule has 0 bridgehead atoms. The zero-order valence-electron chi connectivity index (χ0n) is 19.9. The van der Waals surface area contributed by atoms with Gasteiger partial charge in [-0.2, -0.15) is 0 Å². The molecule has 0 spiro atoms. The molecule has 1 saturated carbocycles. The minimum atomic E-state index is -0.837. The number of aromatic hydroxyl groups is 1. The van der Waals surface area contributed by atoms with Crippen molar-refractivity contribution in [2.24, 2.45) is 5.41 Å². The van der Waals surface area contributed by atoms with Crippen LogP contribution in [0, 0.1) is 5.41 Å². The number of nitrogens with zero attached hydrogens (tertiary/aromatic N) is 1. The van der Waals surface area contributed by atoms with Crippen molar-refractivity contribution in [2.75, 3.05) is 18.4 Å². The molecule has 0 aromatic heterocycles. The fraction of sp³-hybridized carbons (Fsp3) is 0.423. The van der Waals surface area contributed by atoms with Crippen LogP contribution >= 0.6 is 0 Å². The third kappa shape index (κ3) is 4.93. The van der Waals surface area contributed by atoms with Crippen molar-refractivity contribution in [1.29, 1.82) is 0 Å². The van der Waals surface area contributed by atoms with Gasteiger partial charge in [-0.1, -0.05) is 57.2 Å². The summed E-state index contributed by atoms with van der Waals surface area (Å²) in [5.41, 5.74) is 1.20. The zero-order chi connectivity index (χ0) is 24.3. The number of hydrogen-bond acceptors (Lipinski definition) is 6. The van der Waals surface area contributed by atoms with E-state index in [-0.39, 0.29) is 34.4 Å². The van der Waals surface area contributed by atoms with Crippen LogP contribution in [0.5, 0.6) is 5.75 Å². The first-order valence-corrected chi connectivity index (χ1v) is 11.4. The minimum Gasteiger partial charge on any atom is -0.505 e. The maximum absolute atomic E-state index is 12.7. The van der Waals surface area contributed by atoms with Crippen molar-refractivity contribution in [3.63, 3.8) is 0 Å². The molecule has 3 atom stereocenters. The normalized spacial score (nSPS) is 19.1. The number of para-hydroxylation sites is 1. The lowest BCUT2D eigenvalue weighted by Gasteiger charge is -2.41. The van der Waals surface area contributed by atoms with Gasteiger partial charge in [0, 0.05) is 19.1 Å². The van der Waals surface area contributed by atoms with Gasteiger partial charge < -0.3 is 15.3 Å². The molecule has 1 aliphatic carbocycles. The molecule has 1 amide bonds. The molecule has 2 aromatic carbocycles. The SMILES string of the molecule is CCN(CC)C(=O)c1cccc(NC2C(=O)C(=O)C2NC(c2ccccc2)C(C)(C)C)c1O. The van der Waals surface area contributed by atoms with Crippen LogP contribution in [-0.4, -0.2) is 52.7 Å². The van der Waals surface area contributed by atoms with Gasteiger partial charge in [0.15, 0.2) is 5.75 Å². The predicted molar refractivity (Wildman–Crippen MR) is 128 cm³/mol. The second-order valence-electron chi connectivity index (χ2n) is 9.38. The Labute approximate surface area is 195 Å². The number of ketones is 2. The number of phenolic OH excluding ortho intramolecular Hbond substituents is 1. The molecular weight excluding hydrogens is 418 g/mol. The van der Waals surface area contributed by atoms with Gasteiger partial charge in [-0.05, 0) is 37.0 Å². The highest BCUT2D eigenvalue weighted by molar-refractivity contribution is 6.49. The van der Waals surface area contributed by atoms with Crippen LogP contribution in [0.3, 0.4) is 0 Å². The average molecular weight is 452 g/mol. The summed E-state index contributed by atoms with van der Waals surface area (Å²) in [5, 5.41) is 17.1. The van der Waals surface area contributed by atoms with Crippen LogP contribution in [0.25, 0.3) is 0 Å². The molecule has 0 saturated heterocycles. The van der Waals surface area contributed by atoms with Crippen LogP contribution in [-0.2, 0) is 9.59 Å². The number of Topliss-reactive ketones (excluding diaryl/α,β-unsaturated/α-hetero) is 2. The number of amides is 1. The Balaban J connectivity index is 1.85. The molecule has 1 aliphatic rings. The standard InChI is InChI=1S/C26H33N3O4/c1-6-29(7-2)25(33)17-14-11-15-18(21(17)30)27-19-20(23(32)22(19)31)28-24(26(3,4)5)16-12-9-8-10-13-16/h8-15,19-20,24,27-28,30H,6-7H2,1-5H3. The predicted octanol–water partition coefficient (Wildman–Crippen LogP) is 3.55. The summed E-state index contributed by atoms with van der Waals surface area (Å²) in [6.07, 6.45) is 0. The summed E-state index contributed by atoms with van der Waals surface area (Å²) >= 11 is 0. The van der Waals surface area contributed by atoms with Gasteiger partial charge in [-0.25, -0.2) is 0 Å². The smallest absolute Gasteiger partial charge is 0.257 e. The Morgan fingerprint density at radius 1 is 0.970 bits per heavy atom. The van der Waals surface area contributed by atoms with Crippen molar-refractivity contribution in [2.45, 2.75) is 52.7 Å². The third-order valence-electron chi connectivity index (χ3n) is 6.11. The highest BCUT2D eigenvalue weighted by Gasteiger charge is 2.51. The first-order chi connectivity index (χ1) is 15.6. The number of nitrogens with one attached hydrogen (secondary N) is 2. The van der Waals surface area contributed by atoms with Gasteiger partial charge in [0.1, 0.15) is 12.1 Å². The summed E-state index contributed by atoms with van der Waals surface area (Å²) in [5.74, 6) is -1.56. The fourth-order valence-corrected chi connectivity index (χ4v) is 4.19. The van der Waals surface area contributed by atoms with Crippen molar-refractivity contribution in [3.05, 3.63) is 59.7 Å². The Hall–Kier alpha value is -3.19. The van der Waals surface area contributed by atoms with Crippen LogP contribution in [0.4, 0.5) is 5.69 Å². The van der Waals surface area contributed by atoms with Crippen molar-refractivity contribution < 1.29 is 19.5 Å². The highest BCUT2D eigenvalue weighted by atomic mass is 16.3. The Kier molecular flexibility index (Phi) is 7.22. The molecule has 3 rings (SSSR count). The van der Waals surface area contributed by atoms with E-state index in [1.165, 1.54) is 0 Å². The van der Waals surface area contributed by atoms with Crippen molar-refractivity contribution in [1.82, 2.24) is 10.2 Å². The second-order valence-corrected chi connectivity index (χ2v) is 9.38. The van der Waals surface area contributed by atoms with E-state index < -0.39 is 23.7 Å². The topological polar surface area (TPSA) is 98.7 Å². The molecule has 2 aromatic rings. The van der Waals surface area contributed by atoms with Crippen molar-refractivity contribution >= 4 is 23.2 Å². The number of rotatable bonds is 8. The lowest BCUT2D eigenvalue weighted by atomic mass is 9.77. The molecular formula is C26H33N3O4. The van der Waals surface area contributed by atoms with Gasteiger partial charge in [0.05, 0.1) is 11.3 Å². The molecule has 3 unspecified atom stereocenters. The summed E-state index contributed by atoms with van der Waals surface area (Å²) in [6, 6.07) is 12.8. The van der Waals surface area contributed by atoms with Gasteiger partial charge in [0.2, 0.25) is 11.6 Å². The number of phenols is 1. The fourth-order valence-electron chi connectivity index (χ4n) is 4.19. The molecule has 176 valence electrons. The van der Waals surface area contributed by atoms with E-state index in [0.717, 1.165) is 5.56 Å². The molecule has 1 fully saturated rings. The van der Waals surface area contributed by atoms with E-state index in [0.29, 0.717) is 13.1 Å². The summed E-state index contributed by atoms with van der Waals surface area (Å²) in [4.78, 5) is 39.3. The van der Waals surface area contributed by atoms with E-state index in [1.807, 2.05) is 44.2 Å². The van der Waals surface area contributed by atoms with Crippen molar-refractivity contribution in [3.8, 4) is 5.75 Å². The number of benzene rings is 2. The lowest BCUT2D eigenvalue weighted by molar-refractivity contribution is -0.146. The molecule has 3 N–H and O–H groups in total. The molecule has 7 heteroatoms. The molecule has 0 heterocycles. The van der Waals surface area contributed by atoms with E-state index in [9.17, 15) is 19.5 Å². The number of carbonyl (C=O) groups excluding carboxylic acids is 3. The van der Waals surface area contributed by atoms with Crippen LogP contribution in [0.2, 0.25) is 0 Å². The summed E-state index contributed by atoms with van der Waals surface area (Å²) < 4.78 is 0. The first-order valence-electron chi connectivity index (χ1n) is 11.4. The van der Waals surface area contributed by atoms with Gasteiger partial charge in [-0.3, -0.25) is 19.7 Å². The average Bonchev–Trinajstić information content (AvgIpc) is 2.79. The van der Waals surface area contributed by atoms with E-state index in [4.69, 9.17) is 0 Å². The van der Waals surface area contributed by atoms with E-state index in [2.05, 4.69) is 31.4 Å². The molecule has 0 radical (unpaired) electrons. The summed E-state index contributed by atoms with van der Waals surface area (Å²) in [6.45, 7) is 11.0. The zero-order valence-corrected chi connectivity index (χ0v) is 19.9. The lowest BCUT2D eigenvalue weighted by Crippen LogP contribution is -2.68. The third-order valence-corrected chi connectivity index (χ3v) is 6.11. The van der Waals surface area contributed by atoms with Gasteiger partial charge >= 0.3 is 0 Å². The maximum Gasteiger partial charge on any atom is 0.257 e. The quantitative estimate of drug-likeness (QED) is 0.419. The van der Waals surface area contributed by atoms with Crippen LogP contribution < -0.4 is 10.6 Å². The summed E-state index contributed by atoms with van der Waals surface area (Å²) in [7, 11) is 0. The Morgan fingerprint density at radius 3 is 2.15 bits per heavy atom. The highest BCUT2D eigenvalue weighted by Crippen LogP contribution is 2.36. The van der Waals surface area contributed by atoms with E-state index >= 15 is 0 Å². The molecule has 0 aliphatic heterocycles. The Bertz CT molecular complexity index is 1030. The number of carbonyl (C=O) groups is 3. The van der Waals surface area contributed by atoms with Gasteiger partial charge in [-0.15, -0.1) is 0 Å². The number of anilines is 1. The molecule has 7 nitrogen and oxygen atoms in total. The van der Waals surface area contributed by atoms with Gasteiger partial charge in [0.25, 0.3) is 5.91 Å². The minimum absolute atomic E-state index is 0.156. The Morgan fingerprint density at radius 2 is 1.58 bits per heavy atom. The largest absolute Gasteiger partial charge is 0.505 e. The number of hydrogen-bond donors (Lipinski definition) is 3. The maximum atomic E-state index is 12.7. The monoisotopic (exact) mass is 451 g/mol. The van der Waals surface area contributed by atoms with E-state index in [1.54, 1.807) is 23.1 Å². The second kappa shape index (κ2) is 9.75. The van der Waals surface area contributed by atoms with Crippen LogP contribution in [0.15, 0.2) is 48.5 Å².